The lowest BCUT2D eigenvalue weighted by atomic mass is 9.87. The predicted octanol–water partition coefficient (Wildman–Crippen LogP) is 2.24. The molecule has 1 atom stereocenters. The van der Waals surface area contributed by atoms with E-state index >= 15 is 0 Å². The van der Waals surface area contributed by atoms with Crippen molar-refractivity contribution in [1.29, 1.82) is 0 Å². The molecule has 0 fully saturated rings. The lowest BCUT2D eigenvalue weighted by Crippen LogP contribution is -2.11. The molecule has 1 N–H and O–H groups in total. The summed E-state index contributed by atoms with van der Waals surface area (Å²) in [6.45, 7) is 0. The van der Waals surface area contributed by atoms with Crippen LogP contribution in [-0.4, -0.2) is 12.6 Å². The third kappa shape index (κ3) is 2.29. The molecule has 1 aliphatic rings. The molecule has 0 aliphatic carbocycles. The van der Waals surface area contributed by atoms with Gasteiger partial charge in [-0.05, 0) is 35.8 Å². The molecular formula is C13H9BFO2S. The monoisotopic (exact) mass is 259 g/mol. The van der Waals surface area contributed by atoms with Gasteiger partial charge >= 0.3 is 7.48 Å². The SMILES string of the molecule is OC1O[B]c2cc(Sc3ccc(F)cc3)ccc21. The van der Waals surface area contributed by atoms with Crippen LogP contribution in [0.1, 0.15) is 11.9 Å². The minimum Gasteiger partial charge on any atom is -0.407 e. The van der Waals surface area contributed by atoms with E-state index in [1.54, 1.807) is 19.6 Å². The summed E-state index contributed by atoms with van der Waals surface area (Å²) in [5, 5.41) is 9.49. The van der Waals surface area contributed by atoms with Crippen LogP contribution in [0, 0.1) is 5.82 Å². The molecule has 0 aromatic heterocycles. The summed E-state index contributed by atoms with van der Waals surface area (Å²) < 4.78 is 17.8. The molecule has 1 unspecified atom stereocenters. The van der Waals surface area contributed by atoms with Gasteiger partial charge in [0.25, 0.3) is 0 Å². The number of hydrogen-bond donors (Lipinski definition) is 1. The molecular weight excluding hydrogens is 250 g/mol. The molecule has 0 saturated heterocycles. The van der Waals surface area contributed by atoms with Gasteiger partial charge in [-0.15, -0.1) is 0 Å². The summed E-state index contributed by atoms with van der Waals surface area (Å²) in [4.78, 5) is 1.99. The Morgan fingerprint density at radius 2 is 1.83 bits per heavy atom. The van der Waals surface area contributed by atoms with Gasteiger partial charge in [-0.1, -0.05) is 23.9 Å². The Balaban J connectivity index is 1.84. The Kier molecular flexibility index (Phi) is 3.12. The van der Waals surface area contributed by atoms with Crippen molar-refractivity contribution >= 4 is 24.7 Å². The van der Waals surface area contributed by atoms with Crippen LogP contribution in [0.2, 0.25) is 0 Å². The molecule has 2 nitrogen and oxygen atoms in total. The molecule has 89 valence electrons. The summed E-state index contributed by atoms with van der Waals surface area (Å²) in [6.07, 6.45) is -0.857. The van der Waals surface area contributed by atoms with Crippen LogP contribution in [0.15, 0.2) is 52.3 Å². The van der Waals surface area contributed by atoms with Gasteiger partial charge in [-0.2, -0.15) is 0 Å². The summed E-state index contributed by atoms with van der Waals surface area (Å²) in [5.41, 5.74) is 1.66. The second-order valence-corrected chi connectivity index (χ2v) is 5.10. The molecule has 1 aliphatic heterocycles. The number of fused-ring (bicyclic) bond motifs is 1. The number of aliphatic hydroxyl groups excluding tert-OH is 1. The first kappa shape index (κ1) is 11.8. The van der Waals surface area contributed by atoms with E-state index in [9.17, 15) is 9.50 Å². The van der Waals surface area contributed by atoms with E-state index in [-0.39, 0.29) is 5.82 Å². The van der Waals surface area contributed by atoms with Gasteiger partial charge in [0.1, 0.15) is 5.82 Å². The van der Waals surface area contributed by atoms with Gasteiger partial charge in [-0.25, -0.2) is 4.39 Å². The van der Waals surface area contributed by atoms with Gasteiger partial charge in [0.2, 0.25) is 0 Å². The maximum Gasteiger partial charge on any atom is 0.334 e. The Bertz CT molecular complexity index is 574. The Hall–Kier alpha value is -1.30. The van der Waals surface area contributed by atoms with Crippen molar-refractivity contribution < 1.29 is 14.2 Å². The quantitative estimate of drug-likeness (QED) is 0.839. The van der Waals surface area contributed by atoms with Crippen LogP contribution in [0.3, 0.4) is 0 Å². The van der Waals surface area contributed by atoms with E-state index in [4.69, 9.17) is 4.65 Å². The molecule has 0 amide bonds. The van der Waals surface area contributed by atoms with Gasteiger partial charge < -0.3 is 9.76 Å². The van der Waals surface area contributed by atoms with E-state index in [0.29, 0.717) is 0 Å². The minimum absolute atomic E-state index is 0.238. The highest BCUT2D eigenvalue weighted by Gasteiger charge is 2.22. The maximum absolute atomic E-state index is 12.8. The van der Waals surface area contributed by atoms with Gasteiger partial charge in [0, 0.05) is 15.4 Å². The van der Waals surface area contributed by atoms with Crippen molar-refractivity contribution in [2.24, 2.45) is 0 Å². The molecule has 18 heavy (non-hydrogen) atoms. The fourth-order valence-corrected chi connectivity index (χ4v) is 2.66. The fourth-order valence-electron chi connectivity index (χ4n) is 1.79. The lowest BCUT2D eigenvalue weighted by Gasteiger charge is -2.06. The fraction of sp³-hybridized carbons (Fsp3) is 0.0769. The number of rotatable bonds is 2. The number of halogens is 1. The van der Waals surface area contributed by atoms with Crippen LogP contribution in [0.5, 0.6) is 0 Å². The molecule has 3 rings (SSSR count). The largest absolute Gasteiger partial charge is 0.407 e. The Labute approximate surface area is 109 Å². The zero-order valence-corrected chi connectivity index (χ0v) is 10.2. The first-order chi connectivity index (χ1) is 8.72. The second kappa shape index (κ2) is 4.76. The normalized spacial score (nSPS) is 17.3. The summed E-state index contributed by atoms with van der Waals surface area (Å²) >= 11 is 1.54. The molecule has 0 bridgehead atoms. The molecule has 1 heterocycles. The van der Waals surface area contributed by atoms with Crippen molar-refractivity contribution in [3.05, 3.63) is 53.8 Å². The van der Waals surface area contributed by atoms with E-state index < -0.39 is 6.29 Å². The van der Waals surface area contributed by atoms with Crippen molar-refractivity contribution in [2.45, 2.75) is 16.1 Å². The standard InChI is InChI=1S/C13H9BFO2S/c15-8-1-3-9(4-2-8)18-10-5-6-11-12(7-10)14-17-13(11)16/h1-7,13,16H. The highest BCUT2D eigenvalue weighted by molar-refractivity contribution is 7.99. The first-order valence-electron chi connectivity index (χ1n) is 5.46. The van der Waals surface area contributed by atoms with E-state index in [0.717, 1.165) is 20.8 Å². The Morgan fingerprint density at radius 3 is 2.61 bits per heavy atom. The zero-order valence-electron chi connectivity index (χ0n) is 9.34. The van der Waals surface area contributed by atoms with Crippen LogP contribution in [0.4, 0.5) is 4.39 Å². The van der Waals surface area contributed by atoms with Crippen LogP contribution in [-0.2, 0) is 4.65 Å². The predicted molar refractivity (Wildman–Crippen MR) is 68.4 cm³/mol. The van der Waals surface area contributed by atoms with Crippen LogP contribution >= 0.6 is 11.8 Å². The molecule has 0 spiro atoms. The average Bonchev–Trinajstić information content (AvgIpc) is 2.74. The van der Waals surface area contributed by atoms with Crippen molar-refractivity contribution in [1.82, 2.24) is 0 Å². The van der Waals surface area contributed by atoms with E-state index in [1.807, 2.05) is 18.2 Å². The van der Waals surface area contributed by atoms with Crippen molar-refractivity contribution in [3.63, 3.8) is 0 Å². The van der Waals surface area contributed by atoms with E-state index in [1.165, 1.54) is 23.9 Å². The van der Waals surface area contributed by atoms with E-state index in [2.05, 4.69) is 0 Å². The van der Waals surface area contributed by atoms with Crippen LogP contribution in [0.25, 0.3) is 0 Å². The van der Waals surface area contributed by atoms with Gasteiger partial charge in [0.15, 0.2) is 6.29 Å². The third-order valence-electron chi connectivity index (χ3n) is 2.70. The average molecular weight is 259 g/mol. The van der Waals surface area contributed by atoms with Crippen molar-refractivity contribution in [2.75, 3.05) is 0 Å². The molecule has 2 aromatic carbocycles. The maximum atomic E-state index is 12.8. The molecule has 5 heteroatoms. The minimum atomic E-state index is -0.857. The topological polar surface area (TPSA) is 29.5 Å². The Morgan fingerprint density at radius 1 is 1.11 bits per heavy atom. The van der Waals surface area contributed by atoms with Crippen molar-refractivity contribution in [3.8, 4) is 0 Å². The number of aliphatic hydroxyl groups is 1. The summed E-state index contributed by atoms with van der Waals surface area (Å²) in [5.74, 6) is -0.238. The molecule has 1 radical (unpaired) electrons. The zero-order chi connectivity index (χ0) is 12.5. The lowest BCUT2D eigenvalue weighted by molar-refractivity contribution is -0.00795. The second-order valence-electron chi connectivity index (χ2n) is 3.95. The number of hydrogen-bond acceptors (Lipinski definition) is 3. The highest BCUT2D eigenvalue weighted by atomic mass is 32.2. The van der Waals surface area contributed by atoms with Gasteiger partial charge in [-0.3, -0.25) is 0 Å². The molecule has 2 aromatic rings. The third-order valence-corrected chi connectivity index (χ3v) is 3.70. The molecule has 0 saturated carbocycles. The smallest absolute Gasteiger partial charge is 0.334 e. The highest BCUT2D eigenvalue weighted by Crippen LogP contribution is 2.29. The van der Waals surface area contributed by atoms with Gasteiger partial charge in [0.05, 0.1) is 0 Å². The summed E-state index contributed by atoms with van der Waals surface area (Å²) in [6, 6.07) is 12.1. The van der Waals surface area contributed by atoms with Crippen LogP contribution < -0.4 is 5.46 Å². The number of benzene rings is 2. The summed E-state index contributed by atoms with van der Waals surface area (Å²) in [7, 11) is 1.55. The first-order valence-corrected chi connectivity index (χ1v) is 6.28.